The van der Waals surface area contributed by atoms with Crippen LogP contribution < -0.4 is 10.1 Å². The highest BCUT2D eigenvalue weighted by Crippen LogP contribution is 2.27. The number of nitrogens with zero attached hydrogens (tertiary/aromatic N) is 3. The van der Waals surface area contributed by atoms with Crippen LogP contribution in [0.4, 0.5) is 4.39 Å². The number of hydrogen-bond acceptors (Lipinski definition) is 7. The largest absolute Gasteiger partial charge is 0.473 e. The van der Waals surface area contributed by atoms with E-state index < -0.39 is 5.82 Å². The molecule has 164 valence electrons. The Balaban J connectivity index is 1.60. The van der Waals surface area contributed by atoms with Gasteiger partial charge in [-0.2, -0.15) is 0 Å². The molecule has 0 aliphatic heterocycles. The van der Waals surface area contributed by atoms with Gasteiger partial charge < -0.3 is 19.7 Å². The second kappa shape index (κ2) is 10.6. The number of amides is 1. The molecule has 1 amide bonds. The summed E-state index contributed by atoms with van der Waals surface area (Å²) in [4.78, 5) is 20.3. The maximum Gasteiger partial charge on any atom is 0.252 e. The third kappa shape index (κ3) is 5.85. The average molecular weight is 428 g/mol. The Morgan fingerprint density at radius 1 is 1.19 bits per heavy atom. The number of aryl methyl sites for hydroxylation is 2. The van der Waals surface area contributed by atoms with Crippen LogP contribution in [0.2, 0.25) is 0 Å². The van der Waals surface area contributed by atoms with Gasteiger partial charge in [-0.15, -0.1) is 0 Å². The molecule has 8 nitrogen and oxygen atoms in total. The summed E-state index contributed by atoms with van der Waals surface area (Å²) >= 11 is 0. The highest BCUT2D eigenvalue weighted by Gasteiger charge is 2.17. The van der Waals surface area contributed by atoms with Gasteiger partial charge in [0.25, 0.3) is 5.91 Å². The fourth-order valence-electron chi connectivity index (χ4n) is 2.89. The van der Waals surface area contributed by atoms with Gasteiger partial charge in [-0.3, -0.25) is 9.78 Å². The Bertz CT molecular complexity index is 1020. The summed E-state index contributed by atoms with van der Waals surface area (Å²) in [5, 5.41) is 15.6. The molecule has 0 spiro atoms. The van der Waals surface area contributed by atoms with E-state index >= 15 is 0 Å². The number of nitrogens with one attached hydrogen (secondary N) is 1. The van der Waals surface area contributed by atoms with E-state index in [0.717, 1.165) is 19.3 Å². The van der Waals surface area contributed by atoms with Crippen molar-refractivity contribution < 1.29 is 23.6 Å². The molecule has 0 fully saturated rings. The van der Waals surface area contributed by atoms with Gasteiger partial charge in [0.1, 0.15) is 23.9 Å². The van der Waals surface area contributed by atoms with Crippen LogP contribution in [0.5, 0.6) is 5.88 Å². The van der Waals surface area contributed by atoms with Crippen LogP contribution >= 0.6 is 0 Å². The zero-order chi connectivity index (χ0) is 22.2. The van der Waals surface area contributed by atoms with Crippen molar-refractivity contribution in [3.63, 3.8) is 0 Å². The van der Waals surface area contributed by atoms with E-state index in [1.807, 2.05) is 0 Å². The molecule has 0 saturated heterocycles. The number of carbonyl (C=O) groups excluding carboxylic acids is 1. The van der Waals surface area contributed by atoms with Crippen molar-refractivity contribution in [1.29, 1.82) is 0 Å². The van der Waals surface area contributed by atoms with Gasteiger partial charge in [0.15, 0.2) is 0 Å². The summed E-state index contributed by atoms with van der Waals surface area (Å²) in [6, 6.07) is 4.60. The van der Waals surface area contributed by atoms with Crippen molar-refractivity contribution in [2.45, 2.75) is 39.7 Å². The summed E-state index contributed by atoms with van der Waals surface area (Å²) < 4.78 is 24.9. The summed E-state index contributed by atoms with van der Waals surface area (Å²) in [6.45, 7) is 4.15. The minimum Gasteiger partial charge on any atom is -0.473 e. The fourth-order valence-corrected chi connectivity index (χ4v) is 2.89. The number of carbonyl (C=O) groups is 1. The van der Waals surface area contributed by atoms with Crippen molar-refractivity contribution in [2.24, 2.45) is 0 Å². The molecule has 3 heterocycles. The Hall–Kier alpha value is -3.33. The summed E-state index contributed by atoms with van der Waals surface area (Å²) in [6.07, 6.45) is 5.37. The van der Waals surface area contributed by atoms with E-state index in [0.29, 0.717) is 46.3 Å². The fraction of sp³-hybridized carbons (Fsp3) is 0.364. The third-order valence-electron chi connectivity index (χ3n) is 4.77. The lowest BCUT2D eigenvalue weighted by molar-refractivity contribution is 0.0952. The number of hydrogen-bond donors (Lipinski definition) is 2. The van der Waals surface area contributed by atoms with Crippen LogP contribution in [0.3, 0.4) is 0 Å². The smallest absolute Gasteiger partial charge is 0.252 e. The van der Waals surface area contributed by atoms with Crippen LogP contribution in [-0.4, -0.2) is 39.3 Å². The molecule has 3 aromatic heterocycles. The Morgan fingerprint density at radius 3 is 2.74 bits per heavy atom. The van der Waals surface area contributed by atoms with E-state index in [9.17, 15) is 9.18 Å². The maximum atomic E-state index is 13.9. The predicted molar refractivity (Wildman–Crippen MR) is 111 cm³/mol. The van der Waals surface area contributed by atoms with Gasteiger partial charge in [-0.25, -0.2) is 9.37 Å². The normalized spacial score (nSPS) is 10.8. The van der Waals surface area contributed by atoms with Crippen molar-refractivity contribution in [3.05, 3.63) is 59.0 Å². The quantitative estimate of drug-likeness (QED) is 0.477. The first kappa shape index (κ1) is 22.4. The molecule has 0 aliphatic carbocycles. The summed E-state index contributed by atoms with van der Waals surface area (Å²) in [7, 11) is 0. The molecule has 0 bridgehead atoms. The minimum absolute atomic E-state index is 0.115. The molecule has 3 aromatic rings. The van der Waals surface area contributed by atoms with Crippen molar-refractivity contribution in [1.82, 2.24) is 20.4 Å². The zero-order valence-electron chi connectivity index (χ0n) is 17.5. The SMILES string of the molecule is Cc1ncc(-c2noc(C)c2COc2ccc(C(=O)NCCCCCO)cn2)cc1F. The van der Waals surface area contributed by atoms with Crippen LogP contribution in [0.15, 0.2) is 35.1 Å². The highest BCUT2D eigenvalue weighted by molar-refractivity contribution is 5.93. The van der Waals surface area contributed by atoms with Crippen LogP contribution in [0.1, 0.15) is 46.6 Å². The van der Waals surface area contributed by atoms with Crippen LogP contribution in [0.25, 0.3) is 11.3 Å². The Kier molecular flexibility index (Phi) is 7.66. The number of halogens is 1. The lowest BCUT2D eigenvalue weighted by Crippen LogP contribution is -2.24. The molecule has 0 aliphatic rings. The second-order valence-electron chi connectivity index (χ2n) is 7.07. The van der Waals surface area contributed by atoms with E-state index in [2.05, 4.69) is 20.4 Å². The van der Waals surface area contributed by atoms with E-state index in [1.165, 1.54) is 18.5 Å². The van der Waals surface area contributed by atoms with Gasteiger partial charge in [0, 0.05) is 37.2 Å². The molecule has 0 atom stereocenters. The summed E-state index contributed by atoms with van der Waals surface area (Å²) in [5.41, 5.74) is 2.35. The monoisotopic (exact) mass is 428 g/mol. The Labute approximate surface area is 179 Å². The van der Waals surface area contributed by atoms with Gasteiger partial charge >= 0.3 is 0 Å². The predicted octanol–water partition coefficient (Wildman–Crippen LogP) is 3.36. The molecular weight excluding hydrogens is 403 g/mol. The second-order valence-corrected chi connectivity index (χ2v) is 7.07. The highest BCUT2D eigenvalue weighted by atomic mass is 19.1. The number of ether oxygens (including phenoxy) is 1. The van der Waals surface area contributed by atoms with E-state index in [-0.39, 0.29) is 19.1 Å². The Morgan fingerprint density at radius 2 is 2.03 bits per heavy atom. The van der Waals surface area contributed by atoms with Crippen molar-refractivity contribution >= 4 is 5.91 Å². The van der Waals surface area contributed by atoms with Gasteiger partial charge in [-0.1, -0.05) is 5.16 Å². The molecule has 0 unspecified atom stereocenters. The van der Waals surface area contributed by atoms with Crippen LogP contribution in [0, 0.1) is 19.7 Å². The molecule has 0 saturated carbocycles. The topological polar surface area (TPSA) is 110 Å². The third-order valence-corrected chi connectivity index (χ3v) is 4.77. The standard InChI is InChI=1S/C22H25FN4O4/c1-14-19(23)10-17(12-25-14)21-18(15(2)31-27-21)13-30-20-7-6-16(11-26-20)22(29)24-8-4-3-5-9-28/h6-7,10-12,28H,3-5,8-9,13H2,1-2H3,(H,24,29). The van der Waals surface area contributed by atoms with Gasteiger partial charge in [-0.05, 0) is 45.2 Å². The maximum absolute atomic E-state index is 13.9. The average Bonchev–Trinajstić information content (AvgIpc) is 3.14. The number of aliphatic hydroxyl groups excluding tert-OH is 1. The van der Waals surface area contributed by atoms with Gasteiger partial charge in [0.05, 0.1) is 16.8 Å². The lowest BCUT2D eigenvalue weighted by Gasteiger charge is -2.08. The number of pyridine rings is 2. The zero-order valence-corrected chi connectivity index (χ0v) is 17.5. The first-order chi connectivity index (χ1) is 15.0. The van der Waals surface area contributed by atoms with Crippen LogP contribution in [-0.2, 0) is 6.61 Å². The first-order valence-corrected chi connectivity index (χ1v) is 10.0. The number of unbranched alkanes of at least 4 members (excludes halogenated alkanes) is 2. The molecule has 0 radical (unpaired) electrons. The van der Waals surface area contributed by atoms with Gasteiger partial charge in [0.2, 0.25) is 5.88 Å². The summed E-state index contributed by atoms with van der Waals surface area (Å²) in [5.74, 6) is 0.246. The van der Waals surface area contributed by atoms with E-state index in [4.69, 9.17) is 14.4 Å². The molecule has 31 heavy (non-hydrogen) atoms. The van der Waals surface area contributed by atoms with Crippen molar-refractivity contribution in [3.8, 4) is 17.1 Å². The number of rotatable bonds is 10. The minimum atomic E-state index is -0.422. The molecular formula is C22H25FN4O4. The molecule has 9 heteroatoms. The number of aromatic nitrogens is 3. The van der Waals surface area contributed by atoms with E-state index in [1.54, 1.807) is 26.0 Å². The molecule has 0 aromatic carbocycles. The van der Waals surface area contributed by atoms with Crippen molar-refractivity contribution in [2.75, 3.05) is 13.2 Å². The lowest BCUT2D eigenvalue weighted by atomic mass is 10.1. The number of aliphatic hydroxyl groups is 1. The molecule has 3 rings (SSSR count). The molecule has 2 N–H and O–H groups in total. The first-order valence-electron chi connectivity index (χ1n) is 10.0.